The Morgan fingerprint density at radius 2 is 1.89 bits per heavy atom. The van der Waals surface area contributed by atoms with Crippen molar-refractivity contribution >= 4 is 27.4 Å². The van der Waals surface area contributed by atoms with Crippen molar-refractivity contribution < 1.29 is 22.8 Å². The molecule has 2 aliphatic rings. The second-order valence-corrected chi connectivity index (χ2v) is 9.11. The summed E-state index contributed by atoms with van der Waals surface area (Å²) >= 11 is 0. The highest BCUT2D eigenvalue weighted by atomic mass is 32.2. The van der Waals surface area contributed by atoms with Gasteiger partial charge in [-0.1, -0.05) is 17.3 Å². The molecule has 9 heteroatoms. The molecule has 0 unspecified atom stereocenters. The predicted octanol–water partition coefficient (Wildman–Crippen LogP) is 0.840. The molecular weight excluding hydrogens is 370 g/mol. The average molecular weight is 393 g/mol. The van der Waals surface area contributed by atoms with Crippen molar-refractivity contribution in [2.75, 3.05) is 13.2 Å². The number of benzene rings is 1. The molecular formula is C18H23N3O5S. The Labute approximate surface area is 158 Å². The van der Waals surface area contributed by atoms with Gasteiger partial charge in [-0.2, -0.15) is 0 Å². The highest BCUT2D eigenvalue weighted by Crippen LogP contribution is 2.33. The number of nitrogens with zero attached hydrogens (tertiary/aromatic N) is 2. The maximum Gasteiger partial charge on any atom is 0.271 e. The first-order valence-corrected chi connectivity index (χ1v) is 10.5. The first-order chi connectivity index (χ1) is 12.8. The molecule has 1 saturated heterocycles. The zero-order valence-corrected chi connectivity index (χ0v) is 15.9. The lowest BCUT2D eigenvalue weighted by Gasteiger charge is -2.21. The van der Waals surface area contributed by atoms with Crippen LogP contribution in [0.15, 0.2) is 34.3 Å². The lowest BCUT2D eigenvalue weighted by Crippen LogP contribution is -2.36. The molecule has 2 N–H and O–H groups in total. The zero-order chi connectivity index (χ0) is 19.6. The fourth-order valence-corrected chi connectivity index (χ4v) is 4.88. The van der Waals surface area contributed by atoms with Crippen molar-refractivity contribution in [3.63, 3.8) is 0 Å². The molecule has 0 aromatic heterocycles. The van der Waals surface area contributed by atoms with Crippen LogP contribution in [0.2, 0.25) is 0 Å². The number of hydrogen-bond donors (Lipinski definition) is 1. The van der Waals surface area contributed by atoms with Crippen LogP contribution in [0.4, 0.5) is 0 Å². The third-order valence-corrected chi connectivity index (χ3v) is 7.14. The van der Waals surface area contributed by atoms with E-state index in [1.807, 2.05) is 0 Å². The topological polar surface area (TPSA) is 119 Å². The Balaban J connectivity index is 1.70. The summed E-state index contributed by atoms with van der Waals surface area (Å²) < 4.78 is 24.5. The van der Waals surface area contributed by atoms with Gasteiger partial charge in [0.2, 0.25) is 5.91 Å². The molecule has 1 aromatic rings. The van der Waals surface area contributed by atoms with E-state index in [1.54, 1.807) is 4.90 Å². The molecule has 1 heterocycles. The lowest BCUT2D eigenvalue weighted by molar-refractivity contribution is -0.130. The van der Waals surface area contributed by atoms with E-state index in [0.717, 1.165) is 12.8 Å². The predicted molar refractivity (Wildman–Crippen MR) is 98.7 cm³/mol. The van der Waals surface area contributed by atoms with E-state index >= 15 is 0 Å². The fourth-order valence-electron chi connectivity index (χ4n) is 3.22. The second-order valence-electron chi connectivity index (χ2n) is 6.88. The van der Waals surface area contributed by atoms with Crippen LogP contribution in [-0.2, 0) is 24.3 Å². The number of likely N-dealkylation sites (tertiary alicyclic amines) is 1. The third kappa shape index (κ3) is 4.29. The third-order valence-electron chi connectivity index (χ3n) is 4.86. The number of carbonyl (C=O) groups is 2. The van der Waals surface area contributed by atoms with Crippen molar-refractivity contribution in [3.05, 3.63) is 29.8 Å². The van der Waals surface area contributed by atoms with E-state index in [-0.39, 0.29) is 34.4 Å². The van der Waals surface area contributed by atoms with Crippen molar-refractivity contribution in [2.24, 2.45) is 10.9 Å². The van der Waals surface area contributed by atoms with Gasteiger partial charge in [-0.3, -0.25) is 9.59 Å². The number of primary amides is 1. The van der Waals surface area contributed by atoms with Crippen LogP contribution in [0.1, 0.15) is 38.2 Å². The number of nitrogens with two attached hydrogens (primary N) is 1. The van der Waals surface area contributed by atoms with Crippen LogP contribution in [0.5, 0.6) is 0 Å². The SMILES string of the molecule is CC(=O)N1CCC[C@@H]1CO/N=C(/C(N)=O)c1ccc(S(=O)(=O)C2CC2)cc1. The number of rotatable bonds is 7. The quantitative estimate of drug-likeness (QED) is 0.544. The van der Waals surface area contributed by atoms with Crippen LogP contribution < -0.4 is 5.73 Å². The van der Waals surface area contributed by atoms with E-state index in [0.29, 0.717) is 24.9 Å². The van der Waals surface area contributed by atoms with Gasteiger partial charge in [0.15, 0.2) is 15.5 Å². The number of hydrogen-bond acceptors (Lipinski definition) is 6. The first-order valence-electron chi connectivity index (χ1n) is 8.92. The van der Waals surface area contributed by atoms with Gasteiger partial charge in [0, 0.05) is 19.0 Å². The van der Waals surface area contributed by atoms with Gasteiger partial charge < -0.3 is 15.5 Å². The average Bonchev–Trinajstić information content (AvgIpc) is 3.38. The molecule has 0 bridgehead atoms. The maximum atomic E-state index is 12.2. The van der Waals surface area contributed by atoms with E-state index < -0.39 is 15.7 Å². The highest BCUT2D eigenvalue weighted by Gasteiger charge is 2.36. The Kier molecular flexibility index (Phi) is 5.50. The van der Waals surface area contributed by atoms with E-state index in [4.69, 9.17) is 10.6 Å². The van der Waals surface area contributed by atoms with Crippen LogP contribution in [-0.4, -0.2) is 55.3 Å². The minimum absolute atomic E-state index is 0.0207. The van der Waals surface area contributed by atoms with Crippen molar-refractivity contribution in [3.8, 4) is 0 Å². The molecule has 27 heavy (non-hydrogen) atoms. The van der Waals surface area contributed by atoms with Gasteiger partial charge in [0.05, 0.1) is 16.2 Å². The smallest absolute Gasteiger partial charge is 0.271 e. The minimum Gasteiger partial charge on any atom is -0.393 e. The summed E-state index contributed by atoms with van der Waals surface area (Å²) in [6, 6.07) is 5.83. The van der Waals surface area contributed by atoms with Gasteiger partial charge in [0.25, 0.3) is 5.91 Å². The standard InChI is InChI=1S/C18H23N3O5S/c1-12(22)21-10-2-3-14(21)11-26-20-17(18(19)23)13-4-6-15(7-5-13)27(24,25)16-8-9-16/h4-7,14,16H,2-3,8-11H2,1H3,(H2,19,23)/b20-17+/t14-/m1/s1. The molecule has 2 fully saturated rings. The molecule has 1 saturated carbocycles. The van der Waals surface area contributed by atoms with Crippen LogP contribution >= 0.6 is 0 Å². The van der Waals surface area contributed by atoms with Gasteiger partial charge in [0.1, 0.15) is 6.61 Å². The summed E-state index contributed by atoms with van der Waals surface area (Å²) in [6.45, 7) is 2.37. The normalized spacial score (nSPS) is 20.6. The van der Waals surface area contributed by atoms with E-state index in [1.165, 1.54) is 31.2 Å². The molecule has 1 aliphatic heterocycles. The molecule has 1 aromatic carbocycles. The molecule has 1 aliphatic carbocycles. The van der Waals surface area contributed by atoms with Gasteiger partial charge >= 0.3 is 0 Å². The zero-order valence-electron chi connectivity index (χ0n) is 15.1. The van der Waals surface area contributed by atoms with Crippen LogP contribution in [0.3, 0.4) is 0 Å². The maximum absolute atomic E-state index is 12.2. The summed E-state index contributed by atoms with van der Waals surface area (Å²) in [5.74, 6) is -0.796. The summed E-state index contributed by atoms with van der Waals surface area (Å²) in [5, 5.41) is 3.55. The summed E-state index contributed by atoms with van der Waals surface area (Å²) in [7, 11) is -3.30. The second kappa shape index (κ2) is 7.67. The highest BCUT2D eigenvalue weighted by molar-refractivity contribution is 7.92. The molecule has 3 rings (SSSR count). The Morgan fingerprint density at radius 1 is 1.22 bits per heavy atom. The number of oxime groups is 1. The minimum atomic E-state index is -3.30. The molecule has 2 amide bonds. The van der Waals surface area contributed by atoms with Crippen LogP contribution in [0.25, 0.3) is 0 Å². The summed E-state index contributed by atoms with van der Waals surface area (Å²) in [4.78, 5) is 30.5. The van der Waals surface area contributed by atoms with Gasteiger partial charge in [-0.15, -0.1) is 0 Å². The number of amides is 2. The van der Waals surface area contributed by atoms with Crippen molar-refractivity contribution in [1.29, 1.82) is 0 Å². The molecule has 0 radical (unpaired) electrons. The Bertz CT molecular complexity index is 859. The molecule has 1 atom stereocenters. The largest absolute Gasteiger partial charge is 0.393 e. The number of carbonyl (C=O) groups excluding carboxylic acids is 2. The van der Waals surface area contributed by atoms with Gasteiger partial charge in [-0.05, 0) is 37.8 Å². The molecule has 0 spiro atoms. The fraction of sp³-hybridized carbons (Fsp3) is 0.500. The molecule has 8 nitrogen and oxygen atoms in total. The van der Waals surface area contributed by atoms with Crippen molar-refractivity contribution in [1.82, 2.24) is 4.90 Å². The van der Waals surface area contributed by atoms with Gasteiger partial charge in [-0.25, -0.2) is 8.42 Å². The van der Waals surface area contributed by atoms with E-state index in [9.17, 15) is 18.0 Å². The first kappa shape index (κ1) is 19.3. The van der Waals surface area contributed by atoms with Crippen molar-refractivity contribution in [2.45, 2.75) is 48.8 Å². The molecule has 146 valence electrons. The Morgan fingerprint density at radius 3 is 2.44 bits per heavy atom. The summed E-state index contributed by atoms with van der Waals surface area (Å²) in [5.41, 5.74) is 5.68. The number of sulfone groups is 1. The monoisotopic (exact) mass is 393 g/mol. The van der Waals surface area contributed by atoms with E-state index in [2.05, 4.69) is 5.16 Å². The van der Waals surface area contributed by atoms with Crippen LogP contribution in [0, 0.1) is 0 Å². The Hall–Kier alpha value is -2.42. The summed E-state index contributed by atoms with van der Waals surface area (Å²) in [6.07, 6.45) is 3.08. The lowest BCUT2D eigenvalue weighted by atomic mass is 10.1.